The average Bonchev–Trinajstić information content (AvgIpc) is 3.06. The van der Waals surface area contributed by atoms with Crippen LogP contribution in [0.25, 0.3) is 0 Å². The van der Waals surface area contributed by atoms with E-state index in [-0.39, 0.29) is 12.1 Å². The minimum Gasteiger partial charge on any atom is -0.338 e. The molecule has 0 radical (unpaired) electrons. The molecule has 0 bridgehead atoms. The highest BCUT2D eigenvalue weighted by atomic mass is 16.2. The number of benzene rings is 2. The number of nitrogens with zero attached hydrogens (tertiary/aromatic N) is 1. The monoisotopic (exact) mass is 308 g/mol. The van der Waals surface area contributed by atoms with E-state index in [4.69, 9.17) is 0 Å². The van der Waals surface area contributed by atoms with E-state index in [0.717, 1.165) is 25.8 Å². The molecule has 1 aliphatic rings. The van der Waals surface area contributed by atoms with Crippen molar-refractivity contribution in [3.8, 4) is 0 Å². The van der Waals surface area contributed by atoms with E-state index in [1.165, 1.54) is 16.7 Å². The van der Waals surface area contributed by atoms with Gasteiger partial charge in [-0.2, -0.15) is 0 Å². The molecule has 1 heterocycles. The molecular formula is C20H24N2O. The number of hydrogen-bond donors (Lipinski definition) is 1. The topological polar surface area (TPSA) is 32.3 Å². The molecule has 1 atom stereocenters. The molecule has 1 fully saturated rings. The Morgan fingerprint density at radius 1 is 1.13 bits per heavy atom. The van der Waals surface area contributed by atoms with Crippen LogP contribution in [-0.4, -0.2) is 24.0 Å². The number of amides is 2. The molecule has 2 aromatic rings. The summed E-state index contributed by atoms with van der Waals surface area (Å²) in [5.41, 5.74) is 3.75. The second-order valence-electron chi connectivity index (χ2n) is 6.23. The van der Waals surface area contributed by atoms with Gasteiger partial charge in [-0.15, -0.1) is 0 Å². The summed E-state index contributed by atoms with van der Waals surface area (Å²) in [5.74, 6) is 0. The van der Waals surface area contributed by atoms with Crippen molar-refractivity contribution in [2.45, 2.75) is 32.2 Å². The van der Waals surface area contributed by atoms with Crippen molar-refractivity contribution in [2.24, 2.45) is 0 Å². The molecule has 1 N–H and O–H groups in total. The van der Waals surface area contributed by atoms with Crippen molar-refractivity contribution < 1.29 is 4.79 Å². The lowest BCUT2D eigenvalue weighted by molar-refractivity contribution is 0.193. The van der Waals surface area contributed by atoms with Crippen LogP contribution in [0.3, 0.4) is 0 Å². The fourth-order valence-electron chi connectivity index (χ4n) is 3.20. The lowest BCUT2D eigenvalue weighted by Crippen LogP contribution is -2.40. The standard InChI is InChI=1S/C20H24N2O/c1-16-9-11-18(12-10-16)19-8-5-15-22(19)20(23)21-14-13-17-6-3-2-4-7-17/h2-4,6-7,9-12,19H,5,8,13-15H2,1H3,(H,21,23)/t19-/m0/s1. The zero-order valence-corrected chi connectivity index (χ0v) is 13.7. The predicted molar refractivity (Wildman–Crippen MR) is 93.4 cm³/mol. The second kappa shape index (κ2) is 7.32. The molecule has 120 valence electrons. The Kier molecular flexibility index (Phi) is 4.96. The van der Waals surface area contributed by atoms with Crippen LogP contribution in [0.5, 0.6) is 0 Å². The molecule has 0 unspecified atom stereocenters. The van der Waals surface area contributed by atoms with E-state index in [1.807, 2.05) is 23.1 Å². The van der Waals surface area contributed by atoms with Gasteiger partial charge in [0.2, 0.25) is 0 Å². The van der Waals surface area contributed by atoms with Gasteiger partial charge in [0.1, 0.15) is 0 Å². The van der Waals surface area contributed by atoms with Crippen LogP contribution in [0.15, 0.2) is 54.6 Å². The number of likely N-dealkylation sites (tertiary alicyclic amines) is 1. The van der Waals surface area contributed by atoms with Crippen molar-refractivity contribution >= 4 is 6.03 Å². The molecule has 3 heteroatoms. The highest BCUT2D eigenvalue weighted by Gasteiger charge is 2.29. The largest absolute Gasteiger partial charge is 0.338 e. The van der Waals surface area contributed by atoms with Crippen LogP contribution >= 0.6 is 0 Å². The van der Waals surface area contributed by atoms with Crippen LogP contribution in [0.2, 0.25) is 0 Å². The van der Waals surface area contributed by atoms with E-state index in [1.54, 1.807) is 0 Å². The number of aryl methyl sites for hydroxylation is 1. The van der Waals surface area contributed by atoms with Crippen LogP contribution in [0.1, 0.15) is 35.6 Å². The van der Waals surface area contributed by atoms with E-state index in [9.17, 15) is 4.79 Å². The first-order valence-corrected chi connectivity index (χ1v) is 8.39. The summed E-state index contributed by atoms with van der Waals surface area (Å²) in [5, 5.41) is 3.07. The Morgan fingerprint density at radius 3 is 2.61 bits per heavy atom. The van der Waals surface area contributed by atoms with Crippen molar-refractivity contribution in [3.63, 3.8) is 0 Å². The number of urea groups is 1. The molecule has 2 amide bonds. The quantitative estimate of drug-likeness (QED) is 0.906. The summed E-state index contributed by atoms with van der Waals surface area (Å²) < 4.78 is 0. The molecule has 23 heavy (non-hydrogen) atoms. The fraction of sp³-hybridized carbons (Fsp3) is 0.350. The molecular weight excluding hydrogens is 284 g/mol. The average molecular weight is 308 g/mol. The number of carbonyl (C=O) groups excluding carboxylic acids is 1. The molecule has 3 nitrogen and oxygen atoms in total. The molecule has 1 aliphatic heterocycles. The van der Waals surface area contributed by atoms with Gasteiger partial charge in [0.05, 0.1) is 6.04 Å². The third-order valence-corrected chi connectivity index (χ3v) is 4.51. The molecule has 0 saturated carbocycles. The third-order valence-electron chi connectivity index (χ3n) is 4.51. The number of rotatable bonds is 4. The van der Waals surface area contributed by atoms with Crippen LogP contribution in [-0.2, 0) is 6.42 Å². The zero-order valence-electron chi connectivity index (χ0n) is 13.7. The molecule has 3 rings (SSSR count). The minimum absolute atomic E-state index is 0.0593. The van der Waals surface area contributed by atoms with Gasteiger partial charge in [0.25, 0.3) is 0 Å². The Bertz CT molecular complexity index is 636. The van der Waals surface area contributed by atoms with E-state index >= 15 is 0 Å². The van der Waals surface area contributed by atoms with Crippen molar-refractivity contribution in [2.75, 3.05) is 13.1 Å². The number of carbonyl (C=O) groups is 1. The Hall–Kier alpha value is -2.29. The summed E-state index contributed by atoms with van der Waals surface area (Å²) in [4.78, 5) is 14.5. The van der Waals surface area contributed by atoms with Gasteiger partial charge in [-0.25, -0.2) is 4.79 Å². The first-order valence-electron chi connectivity index (χ1n) is 8.39. The van der Waals surface area contributed by atoms with Crippen molar-refractivity contribution in [1.29, 1.82) is 0 Å². The SMILES string of the molecule is Cc1ccc([C@@H]2CCCN2C(=O)NCCc2ccccc2)cc1. The summed E-state index contributed by atoms with van der Waals surface area (Å²) in [6.07, 6.45) is 3.00. The molecule has 2 aromatic carbocycles. The first-order chi connectivity index (χ1) is 11.2. The lowest BCUT2D eigenvalue weighted by Gasteiger charge is -2.25. The van der Waals surface area contributed by atoms with Gasteiger partial charge in [-0.3, -0.25) is 0 Å². The normalized spacial score (nSPS) is 17.3. The summed E-state index contributed by atoms with van der Waals surface area (Å²) >= 11 is 0. The second-order valence-corrected chi connectivity index (χ2v) is 6.23. The highest BCUT2D eigenvalue weighted by Crippen LogP contribution is 2.31. The van der Waals surface area contributed by atoms with Crippen molar-refractivity contribution in [3.05, 3.63) is 71.3 Å². The minimum atomic E-state index is 0.0593. The van der Waals surface area contributed by atoms with Crippen LogP contribution in [0.4, 0.5) is 4.79 Å². The fourth-order valence-corrected chi connectivity index (χ4v) is 3.20. The van der Waals surface area contributed by atoms with Crippen LogP contribution < -0.4 is 5.32 Å². The highest BCUT2D eigenvalue weighted by molar-refractivity contribution is 5.75. The Balaban J connectivity index is 1.56. The van der Waals surface area contributed by atoms with Gasteiger partial charge in [0, 0.05) is 13.1 Å². The lowest BCUT2D eigenvalue weighted by atomic mass is 10.0. The number of nitrogens with one attached hydrogen (secondary N) is 1. The zero-order chi connectivity index (χ0) is 16.1. The third kappa shape index (κ3) is 3.92. The van der Waals surface area contributed by atoms with E-state index in [2.05, 4.69) is 48.6 Å². The molecule has 0 aliphatic carbocycles. The first kappa shape index (κ1) is 15.6. The van der Waals surface area contributed by atoms with Gasteiger partial charge in [-0.1, -0.05) is 60.2 Å². The maximum atomic E-state index is 12.5. The molecule has 0 spiro atoms. The van der Waals surface area contributed by atoms with E-state index in [0.29, 0.717) is 6.54 Å². The number of hydrogen-bond acceptors (Lipinski definition) is 1. The van der Waals surface area contributed by atoms with Crippen molar-refractivity contribution in [1.82, 2.24) is 10.2 Å². The summed E-state index contributed by atoms with van der Waals surface area (Å²) in [6, 6.07) is 19.1. The Morgan fingerprint density at radius 2 is 1.87 bits per heavy atom. The maximum absolute atomic E-state index is 12.5. The smallest absolute Gasteiger partial charge is 0.317 e. The van der Waals surface area contributed by atoms with Gasteiger partial charge >= 0.3 is 6.03 Å². The molecule has 0 aromatic heterocycles. The van der Waals surface area contributed by atoms with Gasteiger partial charge in [-0.05, 0) is 37.3 Å². The maximum Gasteiger partial charge on any atom is 0.317 e. The summed E-state index contributed by atoms with van der Waals surface area (Å²) in [7, 11) is 0. The van der Waals surface area contributed by atoms with Gasteiger partial charge in [0.15, 0.2) is 0 Å². The van der Waals surface area contributed by atoms with Crippen LogP contribution in [0, 0.1) is 6.92 Å². The summed E-state index contributed by atoms with van der Waals surface area (Å²) in [6.45, 7) is 3.61. The van der Waals surface area contributed by atoms with Gasteiger partial charge < -0.3 is 10.2 Å². The predicted octanol–water partition coefficient (Wildman–Crippen LogP) is 4.08. The Labute approximate surface area is 138 Å². The van der Waals surface area contributed by atoms with E-state index < -0.39 is 0 Å². The molecule has 1 saturated heterocycles.